The highest BCUT2D eigenvalue weighted by Gasteiger charge is 2.37. The van der Waals surface area contributed by atoms with Crippen molar-refractivity contribution in [3.63, 3.8) is 0 Å². The molecule has 0 saturated heterocycles. The molecule has 5 nitrogen and oxygen atoms in total. The molecule has 0 spiro atoms. The van der Waals surface area contributed by atoms with Crippen molar-refractivity contribution in [2.45, 2.75) is 44.7 Å². The Morgan fingerprint density at radius 1 is 1.50 bits per heavy atom. The maximum atomic E-state index is 11.8. The molecule has 0 aromatic rings. The van der Waals surface area contributed by atoms with Crippen LogP contribution in [-0.4, -0.2) is 40.5 Å². The number of nitrogens with two attached hydrogens (primary N) is 1. The van der Waals surface area contributed by atoms with Crippen LogP contribution >= 0.6 is 0 Å². The molecule has 1 saturated carbocycles. The molecule has 1 unspecified atom stereocenters. The van der Waals surface area contributed by atoms with E-state index in [-0.39, 0.29) is 18.4 Å². The molecule has 0 heterocycles. The lowest BCUT2D eigenvalue weighted by atomic mass is 10.0. The first-order chi connectivity index (χ1) is 7.26. The number of hydrogen-bond acceptors (Lipinski definition) is 3. The normalized spacial score (nSPS) is 18.0. The monoisotopic (exact) mass is 228 g/mol. The van der Waals surface area contributed by atoms with Crippen LogP contribution in [0.2, 0.25) is 0 Å². The third-order valence-corrected chi connectivity index (χ3v) is 3.37. The molecule has 1 aliphatic rings. The summed E-state index contributed by atoms with van der Waals surface area (Å²) >= 11 is 0. The van der Waals surface area contributed by atoms with E-state index in [0.29, 0.717) is 5.92 Å². The number of amides is 1. The average Bonchev–Trinajstić information content (AvgIpc) is 2.98. The zero-order valence-electron chi connectivity index (χ0n) is 10.1. The van der Waals surface area contributed by atoms with Crippen molar-refractivity contribution in [3.8, 4) is 0 Å². The number of nitrogens with zero attached hydrogens (tertiary/aromatic N) is 1. The predicted molar refractivity (Wildman–Crippen MR) is 59.8 cm³/mol. The van der Waals surface area contributed by atoms with Gasteiger partial charge in [-0.1, -0.05) is 0 Å². The van der Waals surface area contributed by atoms with Crippen molar-refractivity contribution in [3.05, 3.63) is 0 Å². The second kappa shape index (κ2) is 4.41. The van der Waals surface area contributed by atoms with Gasteiger partial charge >= 0.3 is 5.97 Å². The number of aliphatic carboxylic acids is 1. The molecule has 1 atom stereocenters. The van der Waals surface area contributed by atoms with Crippen LogP contribution in [0.1, 0.15) is 33.1 Å². The van der Waals surface area contributed by atoms with Crippen LogP contribution < -0.4 is 5.73 Å². The average molecular weight is 228 g/mol. The number of carboxylic acid groups (broad SMARTS) is 1. The van der Waals surface area contributed by atoms with Gasteiger partial charge in [0.1, 0.15) is 5.54 Å². The van der Waals surface area contributed by atoms with Crippen LogP contribution in [0, 0.1) is 5.92 Å². The number of carbonyl (C=O) groups excluding carboxylic acids is 1. The third-order valence-electron chi connectivity index (χ3n) is 3.37. The minimum atomic E-state index is -1.18. The summed E-state index contributed by atoms with van der Waals surface area (Å²) in [6.45, 7) is 3.02. The molecule has 1 rings (SSSR count). The molecular formula is C11H20N2O3. The van der Waals surface area contributed by atoms with Crippen LogP contribution in [-0.2, 0) is 9.59 Å². The van der Waals surface area contributed by atoms with Gasteiger partial charge in [-0.3, -0.25) is 4.79 Å². The molecule has 0 aromatic heterocycles. The Morgan fingerprint density at radius 2 is 2.00 bits per heavy atom. The largest absolute Gasteiger partial charge is 0.480 e. The molecule has 0 bridgehead atoms. The first kappa shape index (κ1) is 13.0. The fourth-order valence-electron chi connectivity index (χ4n) is 1.48. The van der Waals surface area contributed by atoms with Crippen LogP contribution in [0.15, 0.2) is 0 Å². The standard InChI is InChI=1S/C11H20N2O3/c1-11(2,10(15)16)13(3)9(14)6-8(12)7-4-5-7/h7-8H,4-6,12H2,1-3H3,(H,15,16). The zero-order chi connectivity index (χ0) is 12.5. The van der Waals surface area contributed by atoms with Gasteiger partial charge in [0.05, 0.1) is 0 Å². The quantitative estimate of drug-likeness (QED) is 0.715. The molecule has 1 fully saturated rings. The number of carbonyl (C=O) groups is 2. The fourth-order valence-corrected chi connectivity index (χ4v) is 1.48. The summed E-state index contributed by atoms with van der Waals surface area (Å²) in [5.41, 5.74) is 4.66. The molecule has 1 amide bonds. The maximum absolute atomic E-state index is 11.8. The summed E-state index contributed by atoms with van der Waals surface area (Å²) in [5.74, 6) is -0.763. The second-order valence-corrected chi connectivity index (χ2v) is 5.02. The van der Waals surface area contributed by atoms with Crippen molar-refractivity contribution in [2.24, 2.45) is 11.7 Å². The number of likely N-dealkylation sites (N-methyl/N-ethyl adjacent to an activating group) is 1. The van der Waals surface area contributed by atoms with E-state index < -0.39 is 11.5 Å². The van der Waals surface area contributed by atoms with E-state index in [1.165, 1.54) is 25.8 Å². The molecular weight excluding hydrogens is 208 g/mol. The van der Waals surface area contributed by atoms with Crippen molar-refractivity contribution in [1.82, 2.24) is 4.90 Å². The van der Waals surface area contributed by atoms with E-state index in [9.17, 15) is 9.59 Å². The predicted octanol–water partition coefficient (Wildman–Crippen LogP) is 0.435. The van der Waals surface area contributed by atoms with Crippen LogP contribution in [0.5, 0.6) is 0 Å². The lowest BCUT2D eigenvalue weighted by molar-refractivity contribution is -0.155. The van der Waals surface area contributed by atoms with Crippen molar-refractivity contribution >= 4 is 11.9 Å². The highest BCUT2D eigenvalue weighted by molar-refractivity contribution is 5.86. The van der Waals surface area contributed by atoms with Crippen LogP contribution in [0.25, 0.3) is 0 Å². The van der Waals surface area contributed by atoms with E-state index in [1.807, 2.05) is 0 Å². The molecule has 5 heteroatoms. The Balaban J connectivity index is 2.55. The van der Waals surface area contributed by atoms with Gasteiger partial charge in [-0.25, -0.2) is 4.79 Å². The van der Waals surface area contributed by atoms with Gasteiger partial charge in [0.15, 0.2) is 0 Å². The maximum Gasteiger partial charge on any atom is 0.329 e. The smallest absolute Gasteiger partial charge is 0.329 e. The number of carboxylic acids is 1. The number of hydrogen-bond donors (Lipinski definition) is 2. The fraction of sp³-hybridized carbons (Fsp3) is 0.818. The first-order valence-electron chi connectivity index (χ1n) is 5.52. The Bertz CT molecular complexity index is 298. The van der Waals surface area contributed by atoms with E-state index >= 15 is 0 Å². The first-order valence-corrected chi connectivity index (χ1v) is 5.52. The van der Waals surface area contributed by atoms with Crippen molar-refractivity contribution in [1.29, 1.82) is 0 Å². The second-order valence-electron chi connectivity index (χ2n) is 5.02. The van der Waals surface area contributed by atoms with Crippen LogP contribution in [0.4, 0.5) is 0 Å². The van der Waals surface area contributed by atoms with E-state index in [1.54, 1.807) is 0 Å². The minimum Gasteiger partial charge on any atom is -0.480 e. The lowest BCUT2D eigenvalue weighted by Crippen LogP contribution is -2.51. The third kappa shape index (κ3) is 2.72. The van der Waals surface area contributed by atoms with E-state index in [0.717, 1.165) is 12.8 Å². The summed E-state index contributed by atoms with van der Waals surface area (Å²) < 4.78 is 0. The van der Waals surface area contributed by atoms with Gasteiger partial charge in [0.2, 0.25) is 5.91 Å². The highest BCUT2D eigenvalue weighted by atomic mass is 16.4. The van der Waals surface area contributed by atoms with Gasteiger partial charge in [0, 0.05) is 19.5 Å². The summed E-state index contributed by atoms with van der Waals surface area (Å²) in [6.07, 6.45) is 2.40. The van der Waals surface area contributed by atoms with E-state index in [2.05, 4.69) is 0 Å². The van der Waals surface area contributed by atoms with Crippen molar-refractivity contribution in [2.75, 3.05) is 7.05 Å². The van der Waals surface area contributed by atoms with E-state index in [4.69, 9.17) is 10.8 Å². The van der Waals surface area contributed by atoms with Gasteiger partial charge in [0.25, 0.3) is 0 Å². The molecule has 3 N–H and O–H groups in total. The SMILES string of the molecule is CN(C(=O)CC(N)C1CC1)C(C)(C)C(=O)O. The Morgan fingerprint density at radius 3 is 2.38 bits per heavy atom. The molecule has 0 aliphatic heterocycles. The topological polar surface area (TPSA) is 83.6 Å². The van der Waals surface area contributed by atoms with Gasteiger partial charge in [-0.05, 0) is 32.6 Å². The highest BCUT2D eigenvalue weighted by Crippen LogP contribution is 2.33. The summed E-state index contributed by atoms with van der Waals surface area (Å²) in [4.78, 5) is 24.1. The summed E-state index contributed by atoms with van der Waals surface area (Å²) in [5, 5.41) is 8.99. The molecule has 16 heavy (non-hydrogen) atoms. The molecule has 92 valence electrons. The Kier molecular flexibility index (Phi) is 3.57. The molecule has 0 aromatic carbocycles. The zero-order valence-corrected chi connectivity index (χ0v) is 10.1. The summed E-state index contributed by atoms with van der Waals surface area (Å²) in [6, 6.07) is -0.125. The van der Waals surface area contributed by atoms with Crippen molar-refractivity contribution < 1.29 is 14.7 Å². The minimum absolute atomic E-state index is 0.125. The summed E-state index contributed by atoms with van der Waals surface area (Å²) in [7, 11) is 1.51. The lowest BCUT2D eigenvalue weighted by Gasteiger charge is -2.32. The number of rotatable bonds is 5. The van der Waals surface area contributed by atoms with Gasteiger partial charge < -0.3 is 15.7 Å². The van der Waals surface area contributed by atoms with Gasteiger partial charge in [-0.15, -0.1) is 0 Å². The Hall–Kier alpha value is -1.10. The van der Waals surface area contributed by atoms with Gasteiger partial charge in [-0.2, -0.15) is 0 Å². The molecule has 1 aliphatic carbocycles. The van der Waals surface area contributed by atoms with Crippen LogP contribution in [0.3, 0.4) is 0 Å². The molecule has 0 radical (unpaired) electrons. The Labute approximate surface area is 95.6 Å².